The Hall–Kier alpha value is -1.55. The second-order valence-electron chi connectivity index (χ2n) is 2.52. The maximum absolute atomic E-state index is 10.9. The van der Waals surface area contributed by atoms with E-state index in [-0.39, 0.29) is 17.5 Å². The highest BCUT2D eigenvalue weighted by molar-refractivity contribution is 6.26. The number of hydrogen-bond donors (Lipinski definition) is 2. The summed E-state index contributed by atoms with van der Waals surface area (Å²) < 4.78 is 4.86. The molecule has 1 aromatic carbocycles. The van der Waals surface area contributed by atoms with Gasteiger partial charge in [0.25, 0.3) is 0 Å². The number of carbonyl (C=O) groups is 1. The van der Waals surface area contributed by atoms with Crippen LogP contribution in [0.5, 0.6) is 5.75 Å². The molecule has 4 nitrogen and oxygen atoms in total. The number of alkyl halides is 1. The van der Waals surface area contributed by atoms with Gasteiger partial charge in [-0.2, -0.15) is 0 Å². The van der Waals surface area contributed by atoms with Crippen molar-refractivity contribution in [1.82, 2.24) is 0 Å². The Kier molecular flexibility index (Phi) is 3.48. The summed E-state index contributed by atoms with van der Waals surface area (Å²) >= 11 is 5.27. The Morgan fingerprint density at radius 3 is 2.71 bits per heavy atom. The van der Waals surface area contributed by atoms with Gasteiger partial charge in [0.1, 0.15) is 17.5 Å². The van der Waals surface area contributed by atoms with Crippen LogP contribution in [-0.4, -0.2) is 17.7 Å². The molecule has 0 amide bonds. The van der Waals surface area contributed by atoms with Gasteiger partial charge in [0.2, 0.25) is 0 Å². The SMILES string of the molecule is N=C(N)c1ccccc1OC(=O)CCl. The Balaban J connectivity index is 2.95. The van der Waals surface area contributed by atoms with E-state index in [4.69, 9.17) is 27.5 Å². The van der Waals surface area contributed by atoms with Crippen LogP contribution in [0.4, 0.5) is 0 Å². The molecule has 0 saturated carbocycles. The monoisotopic (exact) mass is 212 g/mol. The first-order valence-electron chi connectivity index (χ1n) is 3.85. The van der Waals surface area contributed by atoms with Gasteiger partial charge >= 0.3 is 5.97 Å². The van der Waals surface area contributed by atoms with E-state index in [9.17, 15) is 4.79 Å². The molecule has 0 aromatic heterocycles. The molecule has 1 rings (SSSR count). The van der Waals surface area contributed by atoms with Gasteiger partial charge in [0.05, 0.1) is 5.56 Å². The Morgan fingerprint density at radius 1 is 1.50 bits per heavy atom. The van der Waals surface area contributed by atoms with Crippen LogP contribution in [-0.2, 0) is 4.79 Å². The van der Waals surface area contributed by atoms with Gasteiger partial charge in [-0.3, -0.25) is 10.2 Å². The van der Waals surface area contributed by atoms with E-state index in [2.05, 4.69) is 0 Å². The third-order valence-electron chi connectivity index (χ3n) is 1.51. The maximum Gasteiger partial charge on any atom is 0.326 e. The lowest BCUT2D eigenvalue weighted by Gasteiger charge is -2.06. The molecule has 0 aliphatic rings. The summed E-state index contributed by atoms with van der Waals surface area (Å²) in [5.41, 5.74) is 5.67. The highest BCUT2D eigenvalue weighted by atomic mass is 35.5. The minimum absolute atomic E-state index is 0.150. The van der Waals surface area contributed by atoms with E-state index in [1.54, 1.807) is 24.3 Å². The third kappa shape index (κ3) is 2.47. The normalized spacial score (nSPS) is 9.50. The van der Waals surface area contributed by atoms with Gasteiger partial charge < -0.3 is 10.5 Å². The fourth-order valence-electron chi connectivity index (χ4n) is 0.928. The predicted molar refractivity (Wildman–Crippen MR) is 53.8 cm³/mol. The van der Waals surface area contributed by atoms with E-state index in [0.717, 1.165) is 0 Å². The number of para-hydroxylation sites is 1. The fourth-order valence-corrected chi connectivity index (χ4v) is 0.983. The largest absolute Gasteiger partial charge is 0.425 e. The molecule has 5 heteroatoms. The van der Waals surface area contributed by atoms with Gasteiger partial charge in [-0.05, 0) is 12.1 Å². The van der Waals surface area contributed by atoms with Gasteiger partial charge in [-0.15, -0.1) is 11.6 Å². The smallest absolute Gasteiger partial charge is 0.326 e. The number of rotatable bonds is 3. The van der Waals surface area contributed by atoms with E-state index in [1.807, 2.05) is 0 Å². The number of nitrogens with two attached hydrogens (primary N) is 1. The topological polar surface area (TPSA) is 76.2 Å². The predicted octanol–water partition coefficient (Wildman–Crippen LogP) is 1.11. The van der Waals surface area contributed by atoms with E-state index in [0.29, 0.717) is 5.56 Å². The zero-order valence-electron chi connectivity index (χ0n) is 7.29. The molecule has 0 fully saturated rings. The molecule has 0 aliphatic heterocycles. The van der Waals surface area contributed by atoms with Crippen molar-refractivity contribution >= 4 is 23.4 Å². The van der Waals surface area contributed by atoms with Crippen LogP contribution in [0.15, 0.2) is 24.3 Å². The van der Waals surface area contributed by atoms with Crippen LogP contribution in [0.25, 0.3) is 0 Å². The molecule has 0 radical (unpaired) electrons. The average Bonchev–Trinajstić information content (AvgIpc) is 2.18. The number of ether oxygens (including phenoxy) is 1. The molecule has 3 N–H and O–H groups in total. The average molecular weight is 213 g/mol. The number of amidine groups is 1. The van der Waals surface area contributed by atoms with Crippen molar-refractivity contribution in [3.05, 3.63) is 29.8 Å². The molecule has 0 unspecified atom stereocenters. The first kappa shape index (κ1) is 10.5. The molecule has 0 spiro atoms. The summed E-state index contributed by atoms with van der Waals surface area (Å²) in [4.78, 5) is 10.9. The minimum atomic E-state index is -0.569. The maximum atomic E-state index is 10.9. The van der Waals surface area contributed by atoms with Gasteiger partial charge in [0.15, 0.2) is 0 Å². The highest BCUT2D eigenvalue weighted by Crippen LogP contribution is 2.17. The van der Waals surface area contributed by atoms with Gasteiger partial charge in [-0.25, -0.2) is 0 Å². The molecule has 0 saturated heterocycles. The second-order valence-corrected chi connectivity index (χ2v) is 2.78. The number of hydrogen-bond acceptors (Lipinski definition) is 3. The number of halogens is 1. The third-order valence-corrected chi connectivity index (χ3v) is 1.73. The van der Waals surface area contributed by atoms with Crippen LogP contribution >= 0.6 is 11.6 Å². The number of esters is 1. The Bertz CT molecular complexity index is 366. The molecular weight excluding hydrogens is 204 g/mol. The molecule has 0 aliphatic carbocycles. The summed E-state index contributed by atoms with van der Waals surface area (Å²) in [6, 6.07) is 6.54. The van der Waals surface area contributed by atoms with Crippen molar-refractivity contribution in [2.24, 2.45) is 5.73 Å². The lowest BCUT2D eigenvalue weighted by atomic mass is 10.2. The lowest BCUT2D eigenvalue weighted by Crippen LogP contribution is -2.16. The van der Waals surface area contributed by atoms with Crippen molar-refractivity contribution in [1.29, 1.82) is 5.41 Å². The van der Waals surface area contributed by atoms with Crippen molar-refractivity contribution in [2.45, 2.75) is 0 Å². The quantitative estimate of drug-likeness (QED) is 0.259. The van der Waals surface area contributed by atoms with Crippen LogP contribution in [0.1, 0.15) is 5.56 Å². The second kappa shape index (κ2) is 4.62. The molecule has 0 atom stereocenters. The number of nitrogens with one attached hydrogen (secondary N) is 1. The van der Waals surface area contributed by atoms with Crippen LogP contribution in [0.2, 0.25) is 0 Å². The highest BCUT2D eigenvalue weighted by Gasteiger charge is 2.09. The van der Waals surface area contributed by atoms with E-state index >= 15 is 0 Å². The van der Waals surface area contributed by atoms with Crippen LogP contribution in [0, 0.1) is 5.41 Å². The van der Waals surface area contributed by atoms with Crippen LogP contribution < -0.4 is 10.5 Å². The summed E-state index contributed by atoms with van der Waals surface area (Å²) in [5.74, 6) is -0.694. The Morgan fingerprint density at radius 2 is 2.14 bits per heavy atom. The summed E-state index contributed by atoms with van der Waals surface area (Å²) in [6.07, 6.45) is 0. The zero-order valence-corrected chi connectivity index (χ0v) is 8.04. The summed E-state index contributed by atoms with van der Waals surface area (Å²) in [6.45, 7) is 0. The van der Waals surface area contributed by atoms with Crippen molar-refractivity contribution in [2.75, 3.05) is 5.88 Å². The minimum Gasteiger partial charge on any atom is -0.425 e. The number of benzene rings is 1. The van der Waals surface area contributed by atoms with Crippen molar-refractivity contribution in [3.8, 4) is 5.75 Å². The van der Waals surface area contributed by atoms with Gasteiger partial charge in [0, 0.05) is 0 Å². The molecular formula is C9H9ClN2O2. The molecule has 0 bridgehead atoms. The summed E-state index contributed by atoms with van der Waals surface area (Å²) in [7, 11) is 0. The number of nitrogen functional groups attached to an aromatic ring is 1. The molecule has 14 heavy (non-hydrogen) atoms. The van der Waals surface area contributed by atoms with Crippen molar-refractivity contribution in [3.63, 3.8) is 0 Å². The zero-order chi connectivity index (χ0) is 10.6. The summed E-state index contributed by atoms with van der Waals surface area (Å²) in [5, 5.41) is 7.23. The molecule has 0 heterocycles. The first-order chi connectivity index (χ1) is 6.65. The molecule has 74 valence electrons. The van der Waals surface area contributed by atoms with Crippen molar-refractivity contribution < 1.29 is 9.53 Å². The Labute approximate surface area is 86.1 Å². The fraction of sp³-hybridized carbons (Fsp3) is 0.111. The molecule has 1 aromatic rings. The standard InChI is InChI=1S/C9H9ClN2O2/c10-5-8(13)14-7-4-2-1-3-6(7)9(11)12/h1-4H,5H2,(H3,11,12). The number of carbonyl (C=O) groups excluding carboxylic acids is 1. The first-order valence-corrected chi connectivity index (χ1v) is 4.38. The van der Waals surface area contributed by atoms with E-state index < -0.39 is 5.97 Å². The lowest BCUT2D eigenvalue weighted by molar-refractivity contribution is -0.131. The van der Waals surface area contributed by atoms with E-state index in [1.165, 1.54) is 0 Å². The van der Waals surface area contributed by atoms with Crippen LogP contribution in [0.3, 0.4) is 0 Å². The van der Waals surface area contributed by atoms with Gasteiger partial charge in [-0.1, -0.05) is 12.1 Å².